The Hall–Kier alpha value is -1.09. The molecule has 0 amide bonds. The molecular formula is C14H18ClN3. The normalized spacial score (nSPS) is 28.1. The second-order valence-corrected chi connectivity index (χ2v) is 5.75. The molecule has 1 fully saturated rings. The Labute approximate surface area is 112 Å². The lowest BCUT2D eigenvalue weighted by Gasteiger charge is -2.13. The Kier molecular flexibility index (Phi) is 3.02. The molecule has 3 nitrogen and oxygen atoms in total. The molecule has 4 heteroatoms. The Morgan fingerprint density at radius 3 is 2.94 bits per heavy atom. The van der Waals surface area contributed by atoms with Crippen LogP contribution in [0.15, 0.2) is 18.6 Å². The summed E-state index contributed by atoms with van der Waals surface area (Å²) in [5.41, 5.74) is 0.976. The van der Waals surface area contributed by atoms with E-state index in [0.29, 0.717) is 11.2 Å². The van der Waals surface area contributed by atoms with Crippen molar-refractivity contribution in [2.75, 3.05) is 0 Å². The fourth-order valence-corrected chi connectivity index (χ4v) is 3.52. The number of rotatable bonds is 2. The Morgan fingerprint density at radius 2 is 2.22 bits per heavy atom. The number of fused-ring (bicyclic) bond motifs is 1. The largest absolute Gasteiger partial charge is 0.329 e. The van der Waals surface area contributed by atoms with Crippen molar-refractivity contribution in [2.45, 2.75) is 39.2 Å². The predicted molar refractivity (Wildman–Crippen MR) is 73.8 cm³/mol. The fourth-order valence-electron chi connectivity index (χ4n) is 3.33. The van der Waals surface area contributed by atoms with Crippen molar-refractivity contribution in [3.8, 4) is 0 Å². The third kappa shape index (κ3) is 1.81. The van der Waals surface area contributed by atoms with E-state index in [2.05, 4.69) is 34.6 Å². The molecule has 96 valence electrons. The Balaban J connectivity index is 1.99. The minimum atomic E-state index is 0.553. The number of nitrogens with zero attached hydrogens (tertiary/aromatic N) is 3. The van der Waals surface area contributed by atoms with Crippen LogP contribution in [0.5, 0.6) is 0 Å². The second-order valence-electron chi connectivity index (χ2n) is 5.40. The molecule has 2 heterocycles. The molecule has 0 spiro atoms. The number of hydrogen-bond donors (Lipinski definition) is 0. The van der Waals surface area contributed by atoms with Crippen molar-refractivity contribution >= 4 is 22.6 Å². The molecule has 1 saturated carbocycles. The number of halogens is 1. The minimum Gasteiger partial charge on any atom is -0.329 e. The van der Waals surface area contributed by atoms with E-state index in [1.165, 1.54) is 19.3 Å². The van der Waals surface area contributed by atoms with Crippen LogP contribution >= 0.6 is 11.6 Å². The third-order valence-electron chi connectivity index (χ3n) is 4.40. The molecule has 1 aliphatic rings. The second kappa shape index (κ2) is 4.54. The van der Waals surface area contributed by atoms with Gasteiger partial charge in [0.2, 0.25) is 0 Å². The summed E-state index contributed by atoms with van der Waals surface area (Å²) < 4.78 is 2.29. The van der Waals surface area contributed by atoms with E-state index >= 15 is 0 Å². The zero-order chi connectivity index (χ0) is 12.7. The van der Waals surface area contributed by atoms with E-state index < -0.39 is 0 Å². The molecule has 0 unspecified atom stereocenters. The summed E-state index contributed by atoms with van der Waals surface area (Å²) in [5, 5.41) is 1.52. The molecule has 18 heavy (non-hydrogen) atoms. The lowest BCUT2D eigenvalue weighted by molar-refractivity contribution is 0.406. The smallest absolute Gasteiger partial charge is 0.145 e. The number of hydrogen-bond acceptors (Lipinski definition) is 2. The van der Waals surface area contributed by atoms with Gasteiger partial charge in [-0.25, -0.2) is 9.97 Å². The molecule has 0 radical (unpaired) electrons. The monoisotopic (exact) mass is 263 g/mol. The first-order chi connectivity index (χ1) is 8.70. The van der Waals surface area contributed by atoms with Gasteiger partial charge in [0.25, 0.3) is 0 Å². The first kappa shape index (κ1) is 12.0. The lowest BCUT2D eigenvalue weighted by atomic mass is 9.96. The highest BCUT2D eigenvalue weighted by Crippen LogP contribution is 2.42. The summed E-state index contributed by atoms with van der Waals surface area (Å²) >= 11 is 6.10. The highest BCUT2D eigenvalue weighted by molar-refractivity contribution is 6.33. The zero-order valence-electron chi connectivity index (χ0n) is 10.8. The van der Waals surface area contributed by atoms with Gasteiger partial charge >= 0.3 is 0 Å². The van der Waals surface area contributed by atoms with Crippen LogP contribution in [-0.2, 0) is 0 Å². The van der Waals surface area contributed by atoms with E-state index in [4.69, 9.17) is 11.6 Å². The van der Waals surface area contributed by atoms with Crippen LogP contribution in [0.2, 0.25) is 5.15 Å². The van der Waals surface area contributed by atoms with E-state index in [1.54, 1.807) is 6.33 Å². The van der Waals surface area contributed by atoms with Crippen LogP contribution in [0, 0.1) is 11.8 Å². The predicted octanol–water partition coefficient (Wildman–Crippen LogP) is 4.08. The number of aromatic nitrogens is 3. The zero-order valence-corrected chi connectivity index (χ0v) is 11.6. The minimum absolute atomic E-state index is 0.553. The van der Waals surface area contributed by atoms with Gasteiger partial charge in [-0.15, -0.1) is 0 Å². The van der Waals surface area contributed by atoms with Gasteiger partial charge in [0.05, 0.1) is 5.39 Å². The van der Waals surface area contributed by atoms with Gasteiger partial charge in [-0.2, -0.15) is 0 Å². The highest BCUT2D eigenvalue weighted by atomic mass is 35.5. The van der Waals surface area contributed by atoms with Gasteiger partial charge in [0.1, 0.15) is 17.1 Å². The van der Waals surface area contributed by atoms with Gasteiger partial charge in [0.15, 0.2) is 0 Å². The van der Waals surface area contributed by atoms with Crippen molar-refractivity contribution < 1.29 is 0 Å². The van der Waals surface area contributed by atoms with Crippen molar-refractivity contribution in [2.24, 2.45) is 11.8 Å². The van der Waals surface area contributed by atoms with Gasteiger partial charge < -0.3 is 4.57 Å². The van der Waals surface area contributed by atoms with Crippen LogP contribution < -0.4 is 0 Å². The Morgan fingerprint density at radius 1 is 1.39 bits per heavy atom. The Bertz CT molecular complexity index is 563. The summed E-state index contributed by atoms with van der Waals surface area (Å²) in [4.78, 5) is 8.42. The van der Waals surface area contributed by atoms with E-state index in [-0.39, 0.29) is 0 Å². The van der Waals surface area contributed by atoms with Gasteiger partial charge in [-0.3, -0.25) is 0 Å². The topological polar surface area (TPSA) is 30.7 Å². The molecule has 2 aromatic heterocycles. The van der Waals surface area contributed by atoms with Crippen LogP contribution in [0.1, 0.15) is 39.2 Å². The molecular weight excluding hydrogens is 246 g/mol. The molecule has 0 saturated heterocycles. The average molecular weight is 264 g/mol. The molecule has 0 bridgehead atoms. The van der Waals surface area contributed by atoms with Crippen molar-refractivity contribution in [1.29, 1.82) is 0 Å². The van der Waals surface area contributed by atoms with Crippen molar-refractivity contribution in [3.05, 3.63) is 23.7 Å². The van der Waals surface area contributed by atoms with Crippen LogP contribution in [0.3, 0.4) is 0 Å². The maximum absolute atomic E-state index is 6.10. The summed E-state index contributed by atoms with van der Waals surface area (Å²) in [6.45, 7) is 4.65. The standard InChI is InChI=1S/C14H18ClN3/c1-3-10-7-11(6-9(10)2)18-5-4-12-13(15)16-8-17-14(12)18/h4-5,8-11H,3,6-7H2,1-2H3/t9-,10+,11-/m0/s1. The van der Waals surface area contributed by atoms with E-state index in [1.807, 2.05) is 6.07 Å². The van der Waals surface area contributed by atoms with Crippen LogP contribution in [0.4, 0.5) is 0 Å². The third-order valence-corrected chi connectivity index (χ3v) is 4.70. The first-order valence-electron chi connectivity index (χ1n) is 6.67. The molecule has 0 aromatic carbocycles. The molecule has 1 aliphatic carbocycles. The average Bonchev–Trinajstić information content (AvgIpc) is 2.93. The van der Waals surface area contributed by atoms with Gasteiger partial charge in [0, 0.05) is 12.2 Å². The van der Waals surface area contributed by atoms with Crippen LogP contribution in [-0.4, -0.2) is 14.5 Å². The van der Waals surface area contributed by atoms with Gasteiger partial charge in [-0.05, 0) is 30.7 Å². The van der Waals surface area contributed by atoms with Crippen LogP contribution in [0.25, 0.3) is 11.0 Å². The molecule has 0 N–H and O–H groups in total. The molecule has 2 aromatic rings. The summed E-state index contributed by atoms with van der Waals surface area (Å²) in [7, 11) is 0. The van der Waals surface area contributed by atoms with Crippen molar-refractivity contribution in [1.82, 2.24) is 14.5 Å². The molecule has 3 rings (SSSR count). The SMILES string of the molecule is CC[C@@H]1C[C@@H](n2ccc3c(Cl)ncnc32)C[C@@H]1C. The van der Waals surface area contributed by atoms with E-state index in [0.717, 1.165) is 22.9 Å². The summed E-state index contributed by atoms with van der Waals surface area (Å²) in [6.07, 6.45) is 7.43. The van der Waals surface area contributed by atoms with Crippen molar-refractivity contribution in [3.63, 3.8) is 0 Å². The maximum Gasteiger partial charge on any atom is 0.145 e. The molecule has 0 aliphatic heterocycles. The summed E-state index contributed by atoms with van der Waals surface area (Å²) in [6, 6.07) is 2.59. The molecule has 3 atom stereocenters. The summed E-state index contributed by atoms with van der Waals surface area (Å²) in [5.74, 6) is 1.64. The maximum atomic E-state index is 6.10. The highest BCUT2D eigenvalue weighted by Gasteiger charge is 2.31. The first-order valence-corrected chi connectivity index (χ1v) is 7.05. The fraction of sp³-hybridized carbons (Fsp3) is 0.571. The van der Waals surface area contributed by atoms with Gasteiger partial charge in [-0.1, -0.05) is 31.9 Å². The quantitative estimate of drug-likeness (QED) is 0.765. The van der Waals surface area contributed by atoms with E-state index in [9.17, 15) is 0 Å². The lowest BCUT2D eigenvalue weighted by Crippen LogP contribution is -2.05.